The molecule has 1 rings (SSSR count). The van der Waals surface area contributed by atoms with Gasteiger partial charge in [0.05, 0.1) is 11.3 Å². The van der Waals surface area contributed by atoms with Crippen LogP contribution in [0.3, 0.4) is 0 Å². The zero-order valence-electron chi connectivity index (χ0n) is 9.00. The van der Waals surface area contributed by atoms with Crippen LogP contribution in [0.2, 0.25) is 0 Å². The molecule has 14 heavy (non-hydrogen) atoms. The molecule has 0 aliphatic rings. The van der Waals surface area contributed by atoms with Gasteiger partial charge in [0.2, 0.25) is 0 Å². The average Bonchev–Trinajstić information content (AvgIpc) is 2.44. The standard InChI is InChI=1S/C10H18N2O2/c1-8-6-9(12-14-8)7-11-5-4-10(2,3)13/h6,11,13H,4-5,7H2,1-3H3. The van der Waals surface area contributed by atoms with E-state index in [1.165, 1.54) is 0 Å². The molecular formula is C10H18N2O2. The summed E-state index contributed by atoms with van der Waals surface area (Å²) in [6.45, 7) is 6.93. The predicted molar refractivity (Wildman–Crippen MR) is 53.9 cm³/mol. The Morgan fingerprint density at radius 2 is 2.29 bits per heavy atom. The first kappa shape index (κ1) is 11.2. The first-order chi connectivity index (χ1) is 6.47. The lowest BCUT2D eigenvalue weighted by atomic mass is 10.1. The van der Waals surface area contributed by atoms with Crippen LogP contribution in [0.15, 0.2) is 10.6 Å². The fourth-order valence-corrected chi connectivity index (χ4v) is 1.11. The third-order valence-electron chi connectivity index (χ3n) is 1.90. The molecule has 0 radical (unpaired) electrons. The molecule has 4 nitrogen and oxygen atoms in total. The first-order valence-electron chi connectivity index (χ1n) is 4.83. The van der Waals surface area contributed by atoms with Gasteiger partial charge in [0, 0.05) is 12.6 Å². The highest BCUT2D eigenvalue weighted by molar-refractivity contribution is 5.02. The molecule has 0 bridgehead atoms. The van der Waals surface area contributed by atoms with E-state index in [2.05, 4.69) is 10.5 Å². The van der Waals surface area contributed by atoms with Crippen molar-refractivity contribution in [3.63, 3.8) is 0 Å². The Balaban J connectivity index is 2.16. The quantitative estimate of drug-likeness (QED) is 0.699. The molecule has 0 atom stereocenters. The summed E-state index contributed by atoms with van der Waals surface area (Å²) in [4.78, 5) is 0. The van der Waals surface area contributed by atoms with Gasteiger partial charge in [-0.3, -0.25) is 0 Å². The zero-order valence-corrected chi connectivity index (χ0v) is 9.00. The summed E-state index contributed by atoms with van der Waals surface area (Å²) < 4.78 is 4.92. The Kier molecular flexibility index (Phi) is 3.66. The van der Waals surface area contributed by atoms with Crippen LogP contribution in [0.5, 0.6) is 0 Å². The molecule has 80 valence electrons. The number of aromatic nitrogens is 1. The zero-order chi connectivity index (χ0) is 10.6. The van der Waals surface area contributed by atoms with E-state index in [1.807, 2.05) is 13.0 Å². The van der Waals surface area contributed by atoms with Crippen LogP contribution >= 0.6 is 0 Å². The van der Waals surface area contributed by atoms with Gasteiger partial charge in [0.15, 0.2) is 0 Å². The van der Waals surface area contributed by atoms with Crippen molar-refractivity contribution in [2.45, 2.75) is 39.3 Å². The number of nitrogens with zero attached hydrogens (tertiary/aromatic N) is 1. The van der Waals surface area contributed by atoms with Crippen molar-refractivity contribution in [2.24, 2.45) is 0 Å². The van der Waals surface area contributed by atoms with Gasteiger partial charge in [-0.1, -0.05) is 5.16 Å². The van der Waals surface area contributed by atoms with E-state index < -0.39 is 5.60 Å². The minimum absolute atomic E-state index is 0.604. The van der Waals surface area contributed by atoms with Gasteiger partial charge in [0.25, 0.3) is 0 Å². The van der Waals surface area contributed by atoms with E-state index in [4.69, 9.17) is 4.52 Å². The summed E-state index contributed by atoms with van der Waals surface area (Å²) in [5.74, 6) is 0.823. The van der Waals surface area contributed by atoms with E-state index in [0.717, 1.165) is 24.4 Å². The van der Waals surface area contributed by atoms with Gasteiger partial charge in [-0.15, -0.1) is 0 Å². The third-order valence-corrected chi connectivity index (χ3v) is 1.90. The van der Waals surface area contributed by atoms with Crippen molar-refractivity contribution in [1.82, 2.24) is 10.5 Å². The van der Waals surface area contributed by atoms with E-state index in [1.54, 1.807) is 13.8 Å². The van der Waals surface area contributed by atoms with Gasteiger partial charge in [-0.2, -0.15) is 0 Å². The van der Waals surface area contributed by atoms with Crippen LogP contribution in [0, 0.1) is 6.92 Å². The molecular weight excluding hydrogens is 180 g/mol. The predicted octanol–water partition coefficient (Wildman–Crippen LogP) is 1.23. The smallest absolute Gasteiger partial charge is 0.133 e. The van der Waals surface area contributed by atoms with Crippen LogP contribution in [-0.4, -0.2) is 22.4 Å². The van der Waals surface area contributed by atoms with Crippen molar-refractivity contribution < 1.29 is 9.63 Å². The molecule has 0 aliphatic carbocycles. The monoisotopic (exact) mass is 198 g/mol. The molecule has 1 aromatic rings. The van der Waals surface area contributed by atoms with Crippen molar-refractivity contribution in [3.05, 3.63) is 17.5 Å². The lowest BCUT2D eigenvalue weighted by Gasteiger charge is -2.16. The Hall–Kier alpha value is -0.870. The molecule has 2 N–H and O–H groups in total. The fourth-order valence-electron chi connectivity index (χ4n) is 1.11. The average molecular weight is 198 g/mol. The van der Waals surface area contributed by atoms with Crippen molar-refractivity contribution >= 4 is 0 Å². The highest BCUT2D eigenvalue weighted by Gasteiger charge is 2.11. The van der Waals surface area contributed by atoms with E-state index in [0.29, 0.717) is 6.54 Å². The van der Waals surface area contributed by atoms with Gasteiger partial charge in [-0.25, -0.2) is 0 Å². The second kappa shape index (κ2) is 4.57. The Bertz CT molecular complexity index is 276. The lowest BCUT2D eigenvalue weighted by Crippen LogP contribution is -2.26. The topological polar surface area (TPSA) is 58.3 Å². The SMILES string of the molecule is Cc1cc(CNCCC(C)(C)O)no1. The summed E-state index contributed by atoms with van der Waals surface area (Å²) in [5.41, 5.74) is 0.297. The molecule has 0 saturated heterocycles. The summed E-state index contributed by atoms with van der Waals surface area (Å²) >= 11 is 0. The highest BCUT2D eigenvalue weighted by atomic mass is 16.5. The number of hydrogen-bond acceptors (Lipinski definition) is 4. The van der Waals surface area contributed by atoms with Gasteiger partial charge in [-0.05, 0) is 33.7 Å². The third kappa shape index (κ3) is 4.39. The Labute approximate surface area is 84.3 Å². The van der Waals surface area contributed by atoms with Crippen molar-refractivity contribution in [1.29, 1.82) is 0 Å². The minimum atomic E-state index is -0.604. The van der Waals surface area contributed by atoms with Crippen LogP contribution in [0.4, 0.5) is 0 Å². The van der Waals surface area contributed by atoms with Crippen molar-refractivity contribution in [2.75, 3.05) is 6.54 Å². The van der Waals surface area contributed by atoms with Crippen LogP contribution < -0.4 is 5.32 Å². The summed E-state index contributed by atoms with van der Waals surface area (Å²) in [6.07, 6.45) is 0.726. The minimum Gasteiger partial charge on any atom is -0.390 e. The molecule has 0 spiro atoms. The molecule has 1 aromatic heterocycles. The van der Waals surface area contributed by atoms with Crippen LogP contribution in [0.25, 0.3) is 0 Å². The Morgan fingerprint density at radius 3 is 2.79 bits per heavy atom. The molecule has 4 heteroatoms. The normalized spacial score (nSPS) is 12.0. The summed E-state index contributed by atoms with van der Waals surface area (Å²) in [5, 5.41) is 16.5. The van der Waals surface area contributed by atoms with Gasteiger partial charge in [0.1, 0.15) is 5.76 Å². The van der Waals surface area contributed by atoms with Crippen LogP contribution in [-0.2, 0) is 6.54 Å². The highest BCUT2D eigenvalue weighted by Crippen LogP contribution is 2.05. The number of aliphatic hydroxyl groups is 1. The van der Waals surface area contributed by atoms with E-state index >= 15 is 0 Å². The van der Waals surface area contributed by atoms with E-state index in [-0.39, 0.29) is 0 Å². The maximum atomic E-state index is 9.44. The van der Waals surface area contributed by atoms with Crippen LogP contribution in [0.1, 0.15) is 31.7 Å². The fraction of sp³-hybridized carbons (Fsp3) is 0.700. The second-order valence-corrected chi connectivity index (χ2v) is 4.17. The maximum Gasteiger partial charge on any atom is 0.133 e. The first-order valence-corrected chi connectivity index (χ1v) is 4.83. The second-order valence-electron chi connectivity index (χ2n) is 4.17. The lowest BCUT2D eigenvalue weighted by molar-refractivity contribution is 0.0711. The number of aryl methyl sites for hydroxylation is 1. The molecule has 1 heterocycles. The Morgan fingerprint density at radius 1 is 1.57 bits per heavy atom. The number of hydrogen-bond donors (Lipinski definition) is 2. The molecule has 0 aromatic carbocycles. The van der Waals surface area contributed by atoms with E-state index in [9.17, 15) is 5.11 Å². The molecule has 0 saturated carbocycles. The number of nitrogens with one attached hydrogen (secondary N) is 1. The maximum absolute atomic E-state index is 9.44. The van der Waals surface area contributed by atoms with Gasteiger partial charge < -0.3 is 14.9 Å². The molecule has 0 fully saturated rings. The molecule has 0 amide bonds. The summed E-state index contributed by atoms with van der Waals surface area (Å²) in [7, 11) is 0. The van der Waals surface area contributed by atoms with Gasteiger partial charge >= 0.3 is 0 Å². The van der Waals surface area contributed by atoms with Crippen molar-refractivity contribution in [3.8, 4) is 0 Å². The molecule has 0 unspecified atom stereocenters. The summed E-state index contributed by atoms with van der Waals surface area (Å²) in [6, 6.07) is 1.90. The largest absolute Gasteiger partial charge is 0.390 e. The number of rotatable bonds is 5. The molecule has 0 aliphatic heterocycles.